The van der Waals surface area contributed by atoms with Crippen LogP contribution in [0.2, 0.25) is 0 Å². The van der Waals surface area contributed by atoms with Crippen LogP contribution in [0.15, 0.2) is 18.2 Å². The van der Waals surface area contributed by atoms with Crippen molar-refractivity contribution in [2.45, 2.75) is 70.4 Å². The number of carbonyl (C=O) groups is 1. The molecule has 0 fully saturated rings. The molecule has 1 aromatic carbocycles. The number of nitro groups is 2. The largest absolute Gasteiger partial charge is 0.394 e. The SMILES string of the molecule is CCCCCCCCCC(O)C(CO)NC(=O)c1ccc([N+](=O)[O-])cc1[N+](=O)[O-]. The summed E-state index contributed by atoms with van der Waals surface area (Å²) in [4.78, 5) is 32.7. The average molecular weight is 411 g/mol. The van der Waals surface area contributed by atoms with Gasteiger partial charge in [-0.2, -0.15) is 0 Å². The topological polar surface area (TPSA) is 156 Å². The summed E-state index contributed by atoms with van der Waals surface area (Å²) < 4.78 is 0. The van der Waals surface area contributed by atoms with Crippen LogP contribution in [0.25, 0.3) is 0 Å². The van der Waals surface area contributed by atoms with Crippen molar-refractivity contribution < 1.29 is 24.9 Å². The monoisotopic (exact) mass is 411 g/mol. The van der Waals surface area contributed by atoms with Gasteiger partial charge in [0, 0.05) is 6.07 Å². The van der Waals surface area contributed by atoms with E-state index < -0.39 is 45.9 Å². The highest BCUT2D eigenvalue weighted by Crippen LogP contribution is 2.25. The quantitative estimate of drug-likeness (QED) is 0.241. The van der Waals surface area contributed by atoms with Crippen molar-refractivity contribution in [2.75, 3.05) is 6.61 Å². The molecule has 10 nitrogen and oxygen atoms in total. The van der Waals surface area contributed by atoms with E-state index in [1.807, 2.05) is 0 Å². The minimum absolute atomic E-state index is 0.373. The van der Waals surface area contributed by atoms with E-state index in [2.05, 4.69) is 12.2 Å². The first-order chi connectivity index (χ1) is 13.8. The van der Waals surface area contributed by atoms with E-state index in [0.29, 0.717) is 12.5 Å². The van der Waals surface area contributed by atoms with E-state index in [1.54, 1.807) is 0 Å². The molecule has 29 heavy (non-hydrogen) atoms. The van der Waals surface area contributed by atoms with Gasteiger partial charge in [0.25, 0.3) is 17.3 Å². The predicted molar refractivity (Wildman–Crippen MR) is 107 cm³/mol. The molecule has 0 saturated heterocycles. The Kier molecular flexibility index (Phi) is 10.8. The van der Waals surface area contributed by atoms with Gasteiger partial charge in [0.05, 0.1) is 34.7 Å². The number of nitro benzene ring substituents is 2. The molecule has 162 valence electrons. The van der Waals surface area contributed by atoms with E-state index in [9.17, 15) is 35.2 Å². The minimum Gasteiger partial charge on any atom is -0.394 e. The third kappa shape index (κ3) is 8.12. The maximum absolute atomic E-state index is 12.4. The standard InChI is InChI=1S/C19H29N3O7/c1-2-3-4-5-6-7-8-9-18(24)16(13-23)20-19(25)15-11-10-14(21(26)27)12-17(15)22(28)29/h10-12,16,18,23-24H,2-9,13H2,1H3,(H,20,25). The van der Waals surface area contributed by atoms with E-state index in [1.165, 1.54) is 19.3 Å². The van der Waals surface area contributed by atoms with Gasteiger partial charge in [0.2, 0.25) is 0 Å². The Morgan fingerprint density at radius 1 is 1.07 bits per heavy atom. The lowest BCUT2D eigenvalue weighted by atomic mass is 10.0. The van der Waals surface area contributed by atoms with Crippen LogP contribution < -0.4 is 5.32 Å². The Bertz CT molecular complexity index is 696. The molecule has 0 aliphatic carbocycles. The van der Waals surface area contributed by atoms with Gasteiger partial charge in [-0.05, 0) is 12.5 Å². The Morgan fingerprint density at radius 3 is 2.24 bits per heavy atom. The van der Waals surface area contributed by atoms with Crippen LogP contribution in [0.1, 0.15) is 68.6 Å². The number of aliphatic hydroxyl groups excluding tert-OH is 2. The molecule has 0 aliphatic rings. The summed E-state index contributed by atoms with van der Waals surface area (Å²) in [6.45, 7) is 1.61. The summed E-state index contributed by atoms with van der Waals surface area (Å²) in [5, 5.41) is 44.1. The molecule has 0 saturated carbocycles. The molecule has 0 aliphatic heterocycles. The van der Waals surface area contributed by atoms with Crippen LogP contribution in [-0.2, 0) is 0 Å². The second-order valence-electron chi connectivity index (χ2n) is 6.96. The highest BCUT2D eigenvalue weighted by atomic mass is 16.6. The molecular weight excluding hydrogens is 382 g/mol. The lowest BCUT2D eigenvalue weighted by molar-refractivity contribution is -0.394. The van der Waals surface area contributed by atoms with Gasteiger partial charge in [0.15, 0.2) is 0 Å². The first-order valence-electron chi connectivity index (χ1n) is 9.84. The molecular formula is C19H29N3O7. The van der Waals surface area contributed by atoms with E-state index in [0.717, 1.165) is 37.8 Å². The predicted octanol–water partition coefficient (Wildman–Crippen LogP) is 3.10. The molecule has 0 bridgehead atoms. The van der Waals surface area contributed by atoms with Gasteiger partial charge in [0.1, 0.15) is 5.56 Å². The molecule has 3 N–H and O–H groups in total. The van der Waals surface area contributed by atoms with Gasteiger partial charge in [-0.3, -0.25) is 25.0 Å². The number of aliphatic hydroxyl groups is 2. The fraction of sp³-hybridized carbons (Fsp3) is 0.632. The third-order valence-corrected chi connectivity index (χ3v) is 4.71. The summed E-state index contributed by atoms with van der Waals surface area (Å²) >= 11 is 0. The molecule has 0 aromatic heterocycles. The summed E-state index contributed by atoms with van der Waals surface area (Å²) in [5.74, 6) is -0.885. The van der Waals surface area contributed by atoms with Crippen molar-refractivity contribution in [3.05, 3.63) is 44.0 Å². The van der Waals surface area contributed by atoms with Crippen LogP contribution in [0, 0.1) is 20.2 Å². The minimum atomic E-state index is -1.00. The molecule has 1 amide bonds. The van der Waals surface area contributed by atoms with Gasteiger partial charge in [-0.1, -0.05) is 51.9 Å². The number of hydrogen-bond donors (Lipinski definition) is 3. The Labute approximate surface area is 169 Å². The lowest BCUT2D eigenvalue weighted by Crippen LogP contribution is -2.46. The van der Waals surface area contributed by atoms with Crippen LogP contribution in [0.3, 0.4) is 0 Å². The van der Waals surface area contributed by atoms with Crippen LogP contribution in [0.5, 0.6) is 0 Å². The molecule has 0 radical (unpaired) electrons. The van der Waals surface area contributed by atoms with Crippen LogP contribution >= 0.6 is 0 Å². The second kappa shape index (κ2) is 12.8. The van der Waals surface area contributed by atoms with E-state index in [-0.39, 0.29) is 5.56 Å². The fourth-order valence-corrected chi connectivity index (χ4v) is 3.00. The summed E-state index contributed by atoms with van der Waals surface area (Å²) in [7, 11) is 0. The summed E-state index contributed by atoms with van der Waals surface area (Å²) in [5.41, 5.74) is -1.59. The Balaban J connectivity index is 2.66. The maximum Gasteiger partial charge on any atom is 0.289 e. The number of nitrogens with one attached hydrogen (secondary N) is 1. The lowest BCUT2D eigenvalue weighted by Gasteiger charge is -2.22. The summed E-state index contributed by atoms with van der Waals surface area (Å²) in [6, 6.07) is 1.70. The number of carbonyl (C=O) groups excluding carboxylic acids is 1. The normalized spacial score (nSPS) is 12.9. The van der Waals surface area contributed by atoms with Crippen molar-refractivity contribution in [3.63, 3.8) is 0 Å². The second-order valence-corrected chi connectivity index (χ2v) is 6.96. The molecule has 10 heteroatoms. The first kappa shape index (κ1) is 24.4. The molecule has 2 unspecified atom stereocenters. The number of benzene rings is 1. The Morgan fingerprint density at radius 2 is 1.69 bits per heavy atom. The molecule has 2 atom stereocenters. The number of amides is 1. The third-order valence-electron chi connectivity index (χ3n) is 4.71. The number of rotatable bonds is 14. The van der Waals surface area contributed by atoms with Crippen molar-refractivity contribution in [1.82, 2.24) is 5.32 Å². The molecule has 1 aromatic rings. The smallest absolute Gasteiger partial charge is 0.289 e. The van der Waals surface area contributed by atoms with Crippen molar-refractivity contribution in [2.24, 2.45) is 0 Å². The highest BCUT2D eigenvalue weighted by molar-refractivity contribution is 5.98. The van der Waals surface area contributed by atoms with Crippen LogP contribution in [-0.4, -0.2) is 44.7 Å². The van der Waals surface area contributed by atoms with Gasteiger partial charge in [-0.25, -0.2) is 0 Å². The molecule has 0 spiro atoms. The number of non-ortho nitro benzene ring substituents is 1. The van der Waals surface area contributed by atoms with Gasteiger partial charge in [-0.15, -0.1) is 0 Å². The zero-order valence-electron chi connectivity index (χ0n) is 16.6. The number of nitrogens with zero attached hydrogens (tertiary/aromatic N) is 2. The number of hydrogen-bond acceptors (Lipinski definition) is 7. The van der Waals surface area contributed by atoms with Crippen molar-refractivity contribution >= 4 is 17.3 Å². The zero-order valence-corrected chi connectivity index (χ0v) is 16.6. The molecule has 1 rings (SSSR count). The van der Waals surface area contributed by atoms with Gasteiger partial charge < -0.3 is 15.5 Å². The maximum atomic E-state index is 12.4. The zero-order chi connectivity index (χ0) is 21.8. The van der Waals surface area contributed by atoms with Gasteiger partial charge >= 0.3 is 0 Å². The number of unbranched alkanes of at least 4 members (excludes halogenated alkanes) is 6. The van der Waals surface area contributed by atoms with Crippen molar-refractivity contribution in [1.29, 1.82) is 0 Å². The van der Waals surface area contributed by atoms with E-state index in [4.69, 9.17) is 0 Å². The van der Waals surface area contributed by atoms with E-state index >= 15 is 0 Å². The van der Waals surface area contributed by atoms with Crippen molar-refractivity contribution in [3.8, 4) is 0 Å². The average Bonchev–Trinajstić information content (AvgIpc) is 2.70. The highest BCUT2D eigenvalue weighted by Gasteiger charge is 2.27. The summed E-state index contributed by atoms with van der Waals surface area (Å²) in [6.07, 6.45) is 6.78. The first-order valence-corrected chi connectivity index (χ1v) is 9.84. The Hall–Kier alpha value is -2.59. The fourth-order valence-electron chi connectivity index (χ4n) is 3.00. The van der Waals surface area contributed by atoms with Crippen LogP contribution in [0.4, 0.5) is 11.4 Å². The molecule has 0 heterocycles.